The Hall–Kier alpha value is -2.01. The van der Waals surface area contributed by atoms with Crippen molar-refractivity contribution in [1.82, 2.24) is 4.57 Å². The average Bonchev–Trinajstić information content (AvgIpc) is 2.66. The van der Waals surface area contributed by atoms with Crippen LogP contribution in [0.25, 0.3) is 10.9 Å². The molecule has 0 aliphatic heterocycles. The van der Waals surface area contributed by atoms with Crippen LogP contribution in [0.5, 0.6) is 5.75 Å². The van der Waals surface area contributed by atoms with Crippen LogP contribution >= 0.6 is 0 Å². The fourth-order valence-corrected chi connectivity index (χ4v) is 1.91. The van der Waals surface area contributed by atoms with Crippen molar-refractivity contribution in [3.05, 3.63) is 30.0 Å². The first-order valence-corrected chi connectivity index (χ1v) is 5.09. The number of ether oxygens (including phenoxy) is 1. The van der Waals surface area contributed by atoms with Gasteiger partial charge in [-0.15, -0.1) is 0 Å². The summed E-state index contributed by atoms with van der Waals surface area (Å²) in [6, 6.07) is 6.70. The molecule has 0 fully saturated rings. The molecule has 0 saturated carbocycles. The van der Waals surface area contributed by atoms with E-state index in [4.69, 9.17) is 0 Å². The van der Waals surface area contributed by atoms with Gasteiger partial charge in [0.05, 0.1) is 18.3 Å². The van der Waals surface area contributed by atoms with E-state index in [-0.39, 0.29) is 5.75 Å². The van der Waals surface area contributed by atoms with Crippen LogP contribution in [0.1, 0.15) is 11.8 Å². The molecule has 1 aromatic heterocycles. The van der Waals surface area contributed by atoms with E-state index in [1.807, 2.05) is 0 Å². The number of phenols is 1. The van der Waals surface area contributed by atoms with E-state index in [0.717, 1.165) is 5.39 Å². The molecule has 1 aromatic carbocycles. The number of benzene rings is 1. The number of carbonyl (C=O) groups excluding carboxylic acids is 1. The summed E-state index contributed by atoms with van der Waals surface area (Å²) in [5.74, 6) is -0.622. The number of rotatable bonds is 2. The molecule has 0 aliphatic carbocycles. The second-order valence-corrected chi connectivity index (χ2v) is 3.77. The molecule has 0 saturated heterocycles. The smallest absolute Gasteiger partial charge is 0.340 e. The predicted octanol–water partition coefficient (Wildman–Crippen LogP) is 1.09. The lowest BCUT2D eigenvalue weighted by atomic mass is 10.2. The molecule has 0 amide bonds. The summed E-state index contributed by atoms with van der Waals surface area (Å²) in [6.07, 6.45) is -1.35. The molecule has 0 spiro atoms. The predicted molar refractivity (Wildman–Crippen MR) is 61.6 cm³/mol. The minimum Gasteiger partial charge on any atom is -0.506 e. The highest BCUT2D eigenvalue weighted by Crippen LogP contribution is 2.29. The van der Waals surface area contributed by atoms with Crippen LogP contribution in [0, 0.1) is 0 Å². The highest BCUT2D eigenvalue weighted by Gasteiger charge is 2.22. The topological polar surface area (TPSA) is 71.7 Å². The normalized spacial score (nSPS) is 12.6. The monoisotopic (exact) mass is 235 g/mol. The minimum absolute atomic E-state index is 0.105. The van der Waals surface area contributed by atoms with Crippen LogP contribution in [0.2, 0.25) is 0 Å². The van der Waals surface area contributed by atoms with Gasteiger partial charge in [0, 0.05) is 12.4 Å². The summed E-state index contributed by atoms with van der Waals surface area (Å²) in [6.45, 7) is 0. The van der Waals surface area contributed by atoms with Gasteiger partial charge in [-0.3, -0.25) is 0 Å². The summed E-state index contributed by atoms with van der Waals surface area (Å²) in [4.78, 5) is 11.3. The number of methoxy groups -OCH3 is 1. The van der Waals surface area contributed by atoms with E-state index in [1.54, 1.807) is 35.9 Å². The quantitative estimate of drug-likeness (QED) is 0.764. The molecule has 2 N–H and O–H groups in total. The van der Waals surface area contributed by atoms with Gasteiger partial charge >= 0.3 is 5.97 Å². The first-order chi connectivity index (χ1) is 8.06. The second-order valence-electron chi connectivity index (χ2n) is 3.77. The van der Waals surface area contributed by atoms with Crippen LogP contribution in [0.3, 0.4) is 0 Å². The average molecular weight is 235 g/mol. The molecule has 2 aromatic rings. The highest BCUT2D eigenvalue weighted by atomic mass is 16.5. The Bertz CT molecular complexity index is 573. The summed E-state index contributed by atoms with van der Waals surface area (Å²) in [5.41, 5.74) is 0.957. The maximum atomic E-state index is 11.3. The zero-order valence-corrected chi connectivity index (χ0v) is 9.54. The molecule has 0 radical (unpaired) electrons. The van der Waals surface area contributed by atoms with Crippen LogP contribution in [0.4, 0.5) is 0 Å². The standard InChI is InChI=1S/C12H13NO4/c1-13-8(11(15)12(16)17-2)6-7-4-3-5-9(14)10(7)13/h3-6,11,14-15H,1-2H3. The number of fused-ring (bicyclic) bond motifs is 1. The van der Waals surface area contributed by atoms with Crippen LogP contribution in [0.15, 0.2) is 24.3 Å². The van der Waals surface area contributed by atoms with Gasteiger partial charge in [-0.05, 0) is 12.1 Å². The third-order valence-corrected chi connectivity index (χ3v) is 2.78. The zero-order chi connectivity index (χ0) is 12.6. The van der Waals surface area contributed by atoms with Gasteiger partial charge in [0.25, 0.3) is 0 Å². The molecule has 5 heteroatoms. The molecule has 90 valence electrons. The maximum Gasteiger partial charge on any atom is 0.340 e. The Morgan fingerprint density at radius 2 is 2.18 bits per heavy atom. The Labute approximate surface area is 97.9 Å². The number of carbonyl (C=O) groups is 1. The molecule has 17 heavy (non-hydrogen) atoms. The number of hydrogen-bond donors (Lipinski definition) is 2. The lowest BCUT2D eigenvalue weighted by Gasteiger charge is -2.10. The Morgan fingerprint density at radius 3 is 2.76 bits per heavy atom. The van der Waals surface area contributed by atoms with E-state index in [9.17, 15) is 15.0 Å². The number of hydrogen-bond acceptors (Lipinski definition) is 4. The van der Waals surface area contributed by atoms with E-state index in [1.165, 1.54) is 7.11 Å². The largest absolute Gasteiger partial charge is 0.506 e. The molecule has 5 nitrogen and oxygen atoms in total. The maximum absolute atomic E-state index is 11.3. The van der Waals surface area contributed by atoms with Crippen LogP contribution in [-0.4, -0.2) is 27.9 Å². The Morgan fingerprint density at radius 1 is 1.47 bits per heavy atom. The van der Waals surface area contributed by atoms with Gasteiger partial charge in [-0.25, -0.2) is 4.79 Å². The van der Waals surface area contributed by atoms with Gasteiger partial charge in [-0.1, -0.05) is 12.1 Å². The summed E-state index contributed by atoms with van der Waals surface area (Å²) >= 11 is 0. The number of aromatic nitrogens is 1. The number of aromatic hydroxyl groups is 1. The number of esters is 1. The van der Waals surface area contributed by atoms with Gasteiger partial charge in [0.2, 0.25) is 0 Å². The molecule has 1 heterocycles. The third-order valence-electron chi connectivity index (χ3n) is 2.78. The zero-order valence-electron chi connectivity index (χ0n) is 9.54. The number of phenolic OH excluding ortho intramolecular Hbond substituents is 1. The van der Waals surface area contributed by atoms with E-state index in [0.29, 0.717) is 11.2 Å². The summed E-state index contributed by atoms with van der Waals surface area (Å²) in [7, 11) is 2.88. The van der Waals surface area contributed by atoms with E-state index < -0.39 is 12.1 Å². The molecular formula is C12H13NO4. The van der Waals surface area contributed by atoms with Crippen LogP contribution in [-0.2, 0) is 16.6 Å². The van der Waals surface area contributed by atoms with Gasteiger partial charge in [0.1, 0.15) is 5.75 Å². The number of aliphatic hydroxyl groups excluding tert-OH is 1. The van der Waals surface area contributed by atoms with Gasteiger partial charge in [-0.2, -0.15) is 0 Å². The number of aryl methyl sites for hydroxylation is 1. The van der Waals surface area contributed by atoms with E-state index >= 15 is 0 Å². The van der Waals surface area contributed by atoms with Crippen molar-refractivity contribution >= 4 is 16.9 Å². The fraction of sp³-hybridized carbons (Fsp3) is 0.250. The number of aliphatic hydroxyl groups is 1. The number of nitrogens with zero attached hydrogens (tertiary/aromatic N) is 1. The fourth-order valence-electron chi connectivity index (χ4n) is 1.91. The molecular weight excluding hydrogens is 222 g/mol. The van der Waals surface area contributed by atoms with Crippen molar-refractivity contribution in [3.8, 4) is 5.75 Å². The summed E-state index contributed by atoms with van der Waals surface area (Å²) in [5, 5.41) is 20.3. The molecule has 0 bridgehead atoms. The Balaban J connectivity index is 2.60. The molecule has 2 rings (SSSR count). The summed E-state index contributed by atoms with van der Waals surface area (Å²) < 4.78 is 6.06. The van der Waals surface area contributed by atoms with Crippen molar-refractivity contribution < 1.29 is 19.7 Å². The van der Waals surface area contributed by atoms with Crippen LogP contribution < -0.4 is 0 Å². The molecule has 1 atom stereocenters. The van der Waals surface area contributed by atoms with Gasteiger partial charge in [0.15, 0.2) is 6.10 Å². The molecule has 0 aliphatic rings. The highest BCUT2D eigenvalue weighted by molar-refractivity contribution is 5.88. The molecule has 1 unspecified atom stereocenters. The van der Waals surface area contributed by atoms with Crippen molar-refractivity contribution in [3.63, 3.8) is 0 Å². The number of para-hydroxylation sites is 1. The lowest BCUT2D eigenvalue weighted by molar-refractivity contribution is -0.151. The van der Waals surface area contributed by atoms with Gasteiger partial charge < -0.3 is 19.5 Å². The van der Waals surface area contributed by atoms with Crippen molar-refractivity contribution in [2.45, 2.75) is 6.10 Å². The first kappa shape index (κ1) is 11.5. The third kappa shape index (κ3) is 1.74. The first-order valence-electron chi connectivity index (χ1n) is 5.09. The van der Waals surface area contributed by atoms with E-state index in [2.05, 4.69) is 4.74 Å². The second kappa shape index (κ2) is 4.10. The van der Waals surface area contributed by atoms with Crippen molar-refractivity contribution in [2.24, 2.45) is 7.05 Å². The Kier molecular flexibility index (Phi) is 2.77. The lowest BCUT2D eigenvalue weighted by Crippen LogP contribution is -2.16. The van der Waals surface area contributed by atoms with Crippen molar-refractivity contribution in [2.75, 3.05) is 7.11 Å². The minimum atomic E-state index is -1.35. The van der Waals surface area contributed by atoms with Crippen molar-refractivity contribution in [1.29, 1.82) is 0 Å². The SMILES string of the molecule is COC(=O)C(O)c1cc2cccc(O)c2n1C.